The van der Waals surface area contributed by atoms with E-state index in [-0.39, 0.29) is 0 Å². The van der Waals surface area contributed by atoms with Gasteiger partial charge >= 0.3 is 0 Å². The first kappa shape index (κ1) is 21.9. The molecule has 0 saturated heterocycles. The fourth-order valence-corrected chi connectivity index (χ4v) is 4.55. The van der Waals surface area contributed by atoms with Crippen molar-refractivity contribution < 1.29 is 0 Å². The van der Waals surface area contributed by atoms with Gasteiger partial charge in [-0.3, -0.25) is 19.9 Å². The van der Waals surface area contributed by atoms with Crippen molar-refractivity contribution >= 4 is 21.8 Å². The number of fused-ring (bicyclic) bond motifs is 3. The highest BCUT2D eigenvalue weighted by Gasteiger charge is 2.10. The fraction of sp³-hybridized carbons (Fsp3) is 0. The Hall–Kier alpha value is -5.36. The predicted octanol–water partition coefficient (Wildman–Crippen LogP) is 7.03. The normalized spacial score (nSPS) is 11.2. The van der Waals surface area contributed by atoms with Crippen LogP contribution in [0.5, 0.6) is 0 Å². The van der Waals surface area contributed by atoms with Crippen LogP contribution in [-0.2, 0) is 0 Å². The van der Waals surface area contributed by atoms with Gasteiger partial charge in [-0.05, 0) is 54.6 Å². The molecule has 0 aliphatic heterocycles. The molecule has 0 radical (unpaired) electrons. The third-order valence-corrected chi connectivity index (χ3v) is 6.47. The third-order valence-electron chi connectivity index (χ3n) is 6.47. The van der Waals surface area contributed by atoms with E-state index in [1.807, 2.05) is 79.1 Å². The van der Waals surface area contributed by atoms with Crippen LogP contribution < -0.4 is 0 Å². The first-order valence-corrected chi connectivity index (χ1v) is 12.3. The molecule has 6 aromatic heterocycles. The van der Waals surface area contributed by atoms with Gasteiger partial charge in [-0.15, -0.1) is 0 Å². The summed E-state index contributed by atoms with van der Waals surface area (Å²) in [4.78, 5) is 28.0. The van der Waals surface area contributed by atoms with Gasteiger partial charge in [0.1, 0.15) is 0 Å². The maximum absolute atomic E-state index is 4.90. The molecule has 6 heteroatoms. The summed E-state index contributed by atoms with van der Waals surface area (Å²) in [5.41, 5.74) is 8.64. The van der Waals surface area contributed by atoms with E-state index in [4.69, 9.17) is 19.9 Å². The number of hydrogen-bond acceptors (Lipinski definition) is 6. The van der Waals surface area contributed by atoms with Crippen molar-refractivity contribution in [3.05, 3.63) is 122 Å². The number of benzene rings is 1. The second-order valence-corrected chi connectivity index (χ2v) is 8.90. The summed E-state index contributed by atoms with van der Waals surface area (Å²) in [6.45, 7) is 0. The van der Waals surface area contributed by atoms with Crippen molar-refractivity contribution in [1.82, 2.24) is 29.9 Å². The SMILES string of the molecule is c1ccc(-c2cccc(-c3ccc(-c4cnc5c(ccc6ccc(-c7ccccn7)nc65)c4)cn3)n2)nc1. The Balaban J connectivity index is 1.22. The summed E-state index contributed by atoms with van der Waals surface area (Å²) < 4.78 is 0. The molecule has 6 nitrogen and oxygen atoms in total. The van der Waals surface area contributed by atoms with Gasteiger partial charge < -0.3 is 0 Å². The Kier molecular flexibility index (Phi) is 5.33. The highest BCUT2D eigenvalue weighted by molar-refractivity contribution is 6.04. The van der Waals surface area contributed by atoms with Gasteiger partial charge in [-0.2, -0.15) is 0 Å². The molecular formula is C32H20N6. The maximum Gasteiger partial charge on any atom is 0.0972 e. The number of pyridine rings is 6. The Morgan fingerprint density at radius 2 is 0.974 bits per heavy atom. The lowest BCUT2D eigenvalue weighted by Crippen LogP contribution is -1.93. The molecule has 0 bridgehead atoms. The van der Waals surface area contributed by atoms with Crippen LogP contribution >= 0.6 is 0 Å². The lowest BCUT2D eigenvalue weighted by Gasteiger charge is -2.08. The highest BCUT2D eigenvalue weighted by atomic mass is 14.8. The molecule has 38 heavy (non-hydrogen) atoms. The molecule has 0 unspecified atom stereocenters. The molecule has 0 saturated carbocycles. The van der Waals surface area contributed by atoms with E-state index in [0.29, 0.717) is 0 Å². The molecule has 0 amide bonds. The Morgan fingerprint density at radius 3 is 1.66 bits per heavy atom. The Bertz CT molecular complexity index is 1900. The van der Waals surface area contributed by atoms with E-state index >= 15 is 0 Å². The maximum atomic E-state index is 4.90. The summed E-state index contributed by atoms with van der Waals surface area (Å²) in [6, 6.07) is 32.0. The van der Waals surface area contributed by atoms with E-state index in [2.05, 4.69) is 40.3 Å². The van der Waals surface area contributed by atoms with Crippen LogP contribution in [0, 0.1) is 0 Å². The van der Waals surface area contributed by atoms with Gasteiger partial charge in [0.05, 0.1) is 45.2 Å². The molecule has 0 atom stereocenters. The van der Waals surface area contributed by atoms with Crippen LogP contribution in [0.4, 0.5) is 0 Å². The fourth-order valence-electron chi connectivity index (χ4n) is 4.55. The first-order valence-electron chi connectivity index (χ1n) is 12.3. The molecule has 0 N–H and O–H groups in total. The van der Waals surface area contributed by atoms with Crippen molar-refractivity contribution in [2.24, 2.45) is 0 Å². The zero-order chi connectivity index (χ0) is 25.3. The van der Waals surface area contributed by atoms with Crippen LogP contribution in [0.15, 0.2) is 122 Å². The van der Waals surface area contributed by atoms with Gasteiger partial charge in [0.2, 0.25) is 0 Å². The zero-order valence-corrected chi connectivity index (χ0v) is 20.2. The minimum absolute atomic E-state index is 0.803. The van der Waals surface area contributed by atoms with Crippen LogP contribution in [0.1, 0.15) is 0 Å². The number of hydrogen-bond donors (Lipinski definition) is 0. The van der Waals surface area contributed by atoms with E-state index < -0.39 is 0 Å². The van der Waals surface area contributed by atoms with E-state index in [0.717, 1.165) is 67.1 Å². The van der Waals surface area contributed by atoms with Crippen LogP contribution in [0.25, 0.3) is 67.1 Å². The van der Waals surface area contributed by atoms with Gasteiger partial charge in [-0.1, -0.05) is 42.5 Å². The molecule has 178 valence electrons. The third kappa shape index (κ3) is 4.04. The molecule has 1 aromatic carbocycles. The van der Waals surface area contributed by atoms with Crippen molar-refractivity contribution in [2.75, 3.05) is 0 Å². The minimum atomic E-state index is 0.803. The van der Waals surface area contributed by atoms with Gasteiger partial charge in [0.15, 0.2) is 0 Å². The van der Waals surface area contributed by atoms with Crippen molar-refractivity contribution in [2.45, 2.75) is 0 Å². The van der Waals surface area contributed by atoms with Crippen molar-refractivity contribution in [1.29, 1.82) is 0 Å². The summed E-state index contributed by atoms with van der Waals surface area (Å²) in [5.74, 6) is 0. The summed E-state index contributed by atoms with van der Waals surface area (Å²) in [6.07, 6.45) is 7.30. The second-order valence-electron chi connectivity index (χ2n) is 8.90. The lowest BCUT2D eigenvalue weighted by molar-refractivity contribution is 1.22. The zero-order valence-electron chi connectivity index (χ0n) is 20.2. The average Bonchev–Trinajstić information content (AvgIpc) is 3.01. The highest BCUT2D eigenvalue weighted by Crippen LogP contribution is 2.29. The van der Waals surface area contributed by atoms with Crippen molar-refractivity contribution in [3.63, 3.8) is 0 Å². The smallest absolute Gasteiger partial charge is 0.0972 e. The molecule has 0 spiro atoms. The lowest BCUT2D eigenvalue weighted by atomic mass is 10.0. The van der Waals surface area contributed by atoms with Crippen LogP contribution in [0.3, 0.4) is 0 Å². The summed E-state index contributed by atoms with van der Waals surface area (Å²) >= 11 is 0. The molecular weight excluding hydrogens is 468 g/mol. The van der Waals surface area contributed by atoms with Gasteiger partial charge in [0.25, 0.3) is 0 Å². The Labute approximate surface area is 218 Å². The van der Waals surface area contributed by atoms with Gasteiger partial charge in [0, 0.05) is 46.7 Å². The number of aromatic nitrogens is 6. The monoisotopic (exact) mass is 488 g/mol. The van der Waals surface area contributed by atoms with Crippen molar-refractivity contribution in [3.8, 4) is 45.3 Å². The summed E-state index contributed by atoms with van der Waals surface area (Å²) in [5, 5.41) is 2.07. The Morgan fingerprint density at radius 1 is 0.368 bits per heavy atom. The summed E-state index contributed by atoms with van der Waals surface area (Å²) in [7, 11) is 0. The number of rotatable bonds is 4. The van der Waals surface area contributed by atoms with E-state index in [1.54, 1.807) is 12.4 Å². The number of nitrogens with zero attached hydrogens (tertiary/aromatic N) is 6. The standard InChI is InChI=1S/C32H20N6/c1-3-16-33-25(6-1)28-8-5-9-29(37-28)27-14-13-23(19-35-27)24-18-22-11-10-21-12-15-30(26-7-2-4-17-34-26)38-32(21)31(22)36-20-24/h1-20H. The molecule has 0 aliphatic rings. The molecule has 7 aromatic rings. The molecule has 7 rings (SSSR count). The van der Waals surface area contributed by atoms with Crippen LogP contribution in [-0.4, -0.2) is 29.9 Å². The minimum Gasteiger partial charge on any atom is -0.255 e. The predicted molar refractivity (Wildman–Crippen MR) is 150 cm³/mol. The van der Waals surface area contributed by atoms with E-state index in [1.165, 1.54) is 0 Å². The molecule has 0 fully saturated rings. The quantitative estimate of drug-likeness (QED) is 0.248. The second kappa shape index (κ2) is 9.26. The van der Waals surface area contributed by atoms with Crippen LogP contribution in [0.2, 0.25) is 0 Å². The van der Waals surface area contributed by atoms with E-state index in [9.17, 15) is 0 Å². The average molecular weight is 489 g/mol. The van der Waals surface area contributed by atoms with Gasteiger partial charge in [-0.25, -0.2) is 9.97 Å². The largest absolute Gasteiger partial charge is 0.255 e. The first-order chi connectivity index (χ1) is 18.8. The molecule has 0 aliphatic carbocycles. The topological polar surface area (TPSA) is 77.3 Å². The molecule has 6 heterocycles.